The van der Waals surface area contributed by atoms with Crippen molar-refractivity contribution in [3.8, 4) is 17.0 Å². The lowest BCUT2D eigenvalue weighted by Crippen LogP contribution is -2.27. The number of piperidine rings is 1. The van der Waals surface area contributed by atoms with Crippen molar-refractivity contribution in [3.63, 3.8) is 0 Å². The standard InChI is InChI=1S/C23H22FN5O/c24-21-10-25-6-5-17(21)22-4-3-16(9-26-22)30-13-20-18-11-29(12-19(18)20)23-27-7-15(8-28-23)14-1-2-14/h3-10,14,18-20H,1-2,11-13H2/t18-,19?,20?/m1/s1. The van der Waals surface area contributed by atoms with Crippen LogP contribution < -0.4 is 9.64 Å². The number of nitrogens with zero attached hydrogens (tertiary/aromatic N) is 5. The summed E-state index contributed by atoms with van der Waals surface area (Å²) in [5.41, 5.74) is 2.30. The molecule has 3 aromatic heterocycles. The molecule has 7 heteroatoms. The molecule has 3 fully saturated rings. The average molecular weight is 403 g/mol. The van der Waals surface area contributed by atoms with Gasteiger partial charge in [-0.25, -0.2) is 14.4 Å². The fraction of sp³-hybridized carbons (Fsp3) is 0.391. The molecule has 3 atom stereocenters. The molecule has 0 amide bonds. The maximum absolute atomic E-state index is 13.8. The molecule has 2 unspecified atom stereocenters. The summed E-state index contributed by atoms with van der Waals surface area (Å²) < 4.78 is 19.8. The van der Waals surface area contributed by atoms with Gasteiger partial charge in [0.15, 0.2) is 5.82 Å². The van der Waals surface area contributed by atoms with Gasteiger partial charge in [0, 0.05) is 43.2 Å². The molecule has 1 aliphatic heterocycles. The number of aromatic nitrogens is 4. The Balaban J connectivity index is 1.02. The maximum atomic E-state index is 13.8. The van der Waals surface area contributed by atoms with Crippen LogP contribution in [0.25, 0.3) is 11.3 Å². The SMILES string of the molecule is Fc1cnccc1-c1ccc(OCC2C3CN(c4ncc(C5CC5)cn4)C[C@@H]23)cn1. The zero-order valence-electron chi connectivity index (χ0n) is 16.5. The molecular weight excluding hydrogens is 381 g/mol. The molecule has 0 aromatic carbocycles. The lowest BCUT2D eigenvalue weighted by Gasteiger charge is -2.20. The molecular formula is C23H22FN5O. The second kappa shape index (κ2) is 7.00. The van der Waals surface area contributed by atoms with Crippen LogP contribution in [0.2, 0.25) is 0 Å². The predicted molar refractivity (Wildman–Crippen MR) is 110 cm³/mol. The second-order valence-electron chi connectivity index (χ2n) is 8.53. The molecule has 30 heavy (non-hydrogen) atoms. The summed E-state index contributed by atoms with van der Waals surface area (Å²) in [4.78, 5) is 19.6. The van der Waals surface area contributed by atoms with Crippen LogP contribution in [0.4, 0.5) is 10.3 Å². The minimum atomic E-state index is -0.375. The monoisotopic (exact) mass is 403 g/mol. The molecule has 6 rings (SSSR count). The van der Waals surface area contributed by atoms with E-state index in [1.165, 1.54) is 24.6 Å². The molecule has 6 nitrogen and oxygen atoms in total. The highest BCUT2D eigenvalue weighted by atomic mass is 19.1. The Morgan fingerprint density at radius 1 is 0.967 bits per heavy atom. The molecule has 0 bridgehead atoms. The van der Waals surface area contributed by atoms with Crippen LogP contribution in [0.1, 0.15) is 24.3 Å². The number of fused-ring (bicyclic) bond motifs is 1. The first-order valence-corrected chi connectivity index (χ1v) is 10.5. The van der Waals surface area contributed by atoms with Gasteiger partial charge in [0.25, 0.3) is 0 Å². The zero-order valence-corrected chi connectivity index (χ0v) is 16.5. The fourth-order valence-electron chi connectivity index (χ4n) is 4.58. The van der Waals surface area contributed by atoms with Gasteiger partial charge in [-0.15, -0.1) is 0 Å². The van der Waals surface area contributed by atoms with Crippen LogP contribution in [0.3, 0.4) is 0 Å². The average Bonchev–Trinajstić information content (AvgIpc) is 3.70. The van der Waals surface area contributed by atoms with Gasteiger partial charge in [-0.1, -0.05) is 0 Å². The third-order valence-corrected chi connectivity index (χ3v) is 6.59. The molecule has 2 aliphatic carbocycles. The predicted octanol–water partition coefficient (Wildman–Crippen LogP) is 3.71. The summed E-state index contributed by atoms with van der Waals surface area (Å²) in [6.45, 7) is 2.69. The highest BCUT2D eigenvalue weighted by Gasteiger charge is 2.56. The number of ether oxygens (including phenoxy) is 1. The number of anilines is 1. The molecule has 2 saturated carbocycles. The summed E-state index contributed by atoms with van der Waals surface area (Å²) in [7, 11) is 0. The molecule has 0 N–H and O–H groups in total. The zero-order chi connectivity index (χ0) is 20.1. The van der Waals surface area contributed by atoms with Gasteiger partial charge in [-0.05, 0) is 54.4 Å². The van der Waals surface area contributed by atoms with E-state index in [1.807, 2.05) is 18.5 Å². The number of pyridine rings is 2. The third-order valence-electron chi connectivity index (χ3n) is 6.59. The van der Waals surface area contributed by atoms with E-state index in [4.69, 9.17) is 4.74 Å². The van der Waals surface area contributed by atoms with E-state index in [-0.39, 0.29) is 5.82 Å². The van der Waals surface area contributed by atoms with Gasteiger partial charge in [-0.3, -0.25) is 9.97 Å². The van der Waals surface area contributed by atoms with E-state index in [9.17, 15) is 4.39 Å². The van der Waals surface area contributed by atoms with Crippen molar-refractivity contribution < 1.29 is 9.13 Å². The van der Waals surface area contributed by atoms with Crippen molar-refractivity contribution in [2.24, 2.45) is 17.8 Å². The maximum Gasteiger partial charge on any atom is 0.225 e. The summed E-state index contributed by atoms with van der Waals surface area (Å²) in [5.74, 6) is 3.76. The largest absolute Gasteiger partial charge is 0.492 e. The van der Waals surface area contributed by atoms with Gasteiger partial charge in [0.2, 0.25) is 5.95 Å². The molecule has 3 aromatic rings. The van der Waals surface area contributed by atoms with Gasteiger partial charge < -0.3 is 9.64 Å². The minimum absolute atomic E-state index is 0.375. The quantitative estimate of drug-likeness (QED) is 0.625. The van der Waals surface area contributed by atoms with E-state index < -0.39 is 0 Å². The Hall–Kier alpha value is -3.09. The van der Waals surface area contributed by atoms with Crippen LogP contribution in [-0.4, -0.2) is 39.6 Å². The van der Waals surface area contributed by atoms with Crippen molar-refractivity contribution in [1.82, 2.24) is 19.9 Å². The molecule has 1 saturated heterocycles. The first-order chi connectivity index (χ1) is 14.8. The molecule has 0 radical (unpaired) electrons. The smallest absolute Gasteiger partial charge is 0.225 e. The van der Waals surface area contributed by atoms with Crippen molar-refractivity contribution in [1.29, 1.82) is 0 Å². The highest BCUT2D eigenvalue weighted by molar-refractivity contribution is 5.59. The van der Waals surface area contributed by atoms with E-state index in [0.717, 1.165) is 19.0 Å². The van der Waals surface area contributed by atoms with Gasteiger partial charge in [0.1, 0.15) is 5.75 Å². The molecule has 4 heterocycles. The summed E-state index contributed by atoms with van der Waals surface area (Å²) in [6, 6.07) is 5.26. The Bertz CT molecular complexity index is 1040. The summed E-state index contributed by atoms with van der Waals surface area (Å²) in [5, 5.41) is 0. The van der Waals surface area contributed by atoms with Crippen LogP contribution in [0.15, 0.2) is 49.2 Å². The highest BCUT2D eigenvalue weighted by Crippen LogP contribution is 2.52. The molecule has 0 spiro atoms. The summed E-state index contributed by atoms with van der Waals surface area (Å²) in [6.07, 6.45) is 11.0. The third kappa shape index (κ3) is 3.28. The second-order valence-corrected chi connectivity index (χ2v) is 8.53. The summed E-state index contributed by atoms with van der Waals surface area (Å²) >= 11 is 0. The van der Waals surface area contributed by atoms with Crippen molar-refractivity contribution in [2.75, 3.05) is 24.6 Å². The van der Waals surface area contributed by atoms with Crippen LogP contribution in [0, 0.1) is 23.6 Å². The van der Waals surface area contributed by atoms with E-state index in [1.54, 1.807) is 24.5 Å². The number of rotatable bonds is 6. The first kappa shape index (κ1) is 17.7. The topological polar surface area (TPSA) is 64.0 Å². The number of halogens is 1. The van der Waals surface area contributed by atoms with Crippen molar-refractivity contribution in [2.45, 2.75) is 18.8 Å². The van der Waals surface area contributed by atoms with E-state index in [2.05, 4.69) is 24.8 Å². The van der Waals surface area contributed by atoms with Crippen LogP contribution in [0.5, 0.6) is 5.75 Å². The van der Waals surface area contributed by atoms with Gasteiger partial charge in [0.05, 0.1) is 24.7 Å². The van der Waals surface area contributed by atoms with Gasteiger partial charge in [-0.2, -0.15) is 0 Å². The van der Waals surface area contributed by atoms with E-state index >= 15 is 0 Å². The Morgan fingerprint density at radius 2 is 1.77 bits per heavy atom. The lowest BCUT2D eigenvalue weighted by molar-refractivity contribution is 0.282. The lowest BCUT2D eigenvalue weighted by atomic mass is 10.2. The fourth-order valence-corrected chi connectivity index (χ4v) is 4.58. The van der Waals surface area contributed by atoms with Crippen molar-refractivity contribution in [3.05, 3.63) is 60.6 Å². The van der Waals surface area contributed by atoms with Gasteiger partial charge >= 0.3 is 0 Å². The molecule has 152 valence electrons. The normalized spacial score (nSPS) is 24.6. The number of hydrogen-bond donors (Lipinski definition) is 0. The number of hydrogen-bond acceptors (Lipinski definition) is 6. The Kier molecular flexibility index (Phi) is 4.14. The molecule has 3 aliphatic rings. The van der Waals surface area contributed by atoms with Crippen LogP contribution in [-0.2, 0) is 0 Å². The minimum Gasteiger partial charge on any atom is -0.492 e. The van der Waals surface area contributed by atoms with Crippen molar-refractivity contribution >= 4 is 5.95 Å². The Labute approximate surface area is 174 Å². The Morgan fingerprint density at radius 3 is 2.43 bits per heavy atom. The van der Waals surface area contributed by atoms with Crippen LogP contribution >= 0.6 is 0 Å². The van der Waals surface area contributed by atoms with E-state index in [0.29, 0.717) is 47.3 Å². The first-order valence-electron chi connectivity index (χ1n) is 10.5.